The molecule has 0 atom stereocenters. The minimum Gasteiger partial charge on any atom is -0.360 e. The summed E-state index contributed by atoms with van der Waals surface area (Å²) in [5.41, 5.74) is 3.53. The van der Waals surface area contributed by atoms with Gasteiger partial charge in [0, 0.05) is 17.5 Å². The minimum atomic E-state index is 0.748. The molecule has 13 heavy (non-hydrogen) atoms. The quantitative estimate of drug-likeness (QED) is 0.709. The highest BCUT2D eigenvalue weighted by molar-refractivity contribution is 6.30. The van der Waals surface area contributed by atoms with Gasteiger partial charge in [0.25, 0.3) is 0 Å². The van der Waals surface area contributed by atoms with E-state index in [-0.39, 0.29) is 0 Å². The molecule has 0 saturated heterocycles. The van der Waals surface area contributed by atoms with Gasteiger partial charge in [-0.15, -0.1) is 0 Å². The van der Waals surface area contributed by atoms with Crippen LogP contribution in [0.4, 0.5) is 0 Å². The van der Waals surface area contributed by atoms with Crippen LogP contribution < -0.4 is 0 Å². The maximum atomic E-state index is 5.83. The molecule has 0 aliphatic rings. The molecule has 1 aromatic carbocycles. The SMILES string of the molecule is Cc1ccccc1-c1cc(Cl)c[nH]1. The van der Waals surface area contributed by atoms with Gasteiger partial charge in [-0.05, 0) is 18.6 Å². The van der Waals surface area contributed by atoms with Crippen LogP contribution in [-0.2, 0) is 0 Å². The van der Waals surface area contributed by atoms with Gasteiger partial charge in [0.05, 0.1) is 5.02 Å². The van der Waals surface area contributed by atoms with Crippen molar-refractivity contribution in [3.8, 4) is 11.3 Å². The first-order chi connectivity index (χ1) is 6.27. The molecule has 1 heterocycles. The normalized spacial score (nSPS) is 10.3. The average Bonchev–Trinajstić information content (AvgIpc) is 2.53. The smallest absolute Gasteiger partial charge is 0.0586 e. The summed E-state index contributed by atoms with van der Waals surface area (Å²) in [4.78, 5) is 3.13. The molecule has 0 amide bonds. The van der Waals surface area contributed by atoms with E-state index < -0.39 is 0 Å². The molecule has 0 radical (unpaired) electrons. The lowest BCUT2D eigenvalue weighted by atomic mass is 10.1. The van der Waals surface area contributed by atoms with Crippen LogP contribution in [0.1, 0.15) is 5.56 Å². The van der Waals surface area contributed by atoms with Crippen molar-refractivity contribution in [2.24, 2.45) is 0 Å². The fourth-order valence-corrected chi connectivity index (χ4v) is 1.56. The molecule has 0 fully saturated rings. The van der Waals surface area contributed by atoms with Gasteiger partial charge in [0.2, 0.25) is 0 Å². The number of hydrogen-bond donors (Lipinski definition) is 1. The third-order valence-electron chi connectivity index (χ3n) is 2.08. The molecule has 0 unspecified atom stereocenters. The molecule has 0 aliphatic heterocycles. The van der Waals surface area contributed by atoms with Crippen molar-refractivity contribution in [3.63, 3.8) is 0 Å². The second kappa shape index (κ2) is 3.27. The van der Waals surface area contributed by atoms with E-state index in [1.165, 1.54) is 11.1 Å². The number of rotatable bonds is 1. The summed E-state index contributed by atoms with van der Waals surface area (Å²) in [5, 5.41) is 0.748. The van der Waals surface area contributed by atoms with Crippen molar-refractivity contribution in [1.29, 1.82) is 0 Å². The summed E-state index contributed by atoms with van der Waals surface area (Å²) in [6.45, 7) is 2.09. The number of halogens is 1. The Morgan fingerprint density at radius 3 is 2.62 bits per heavy atom. The van der Waals surface area contributed by atoms with Gasteiger partial charge >= 0.3 is 0 Å². The molecule has 0 aliphatic carbocycles. The first-order valence-electron chi connectivity index (χ1n) is 4.17. The number of aromatic nitrogens is 1. The first kappa shape index (κ1) is 8.39. The van der Waals surface area contributed by atoms with Crippen LogP contribution in [-0.4, -0.2) is 4.98 Å². The molecule has 1 nitrogen and oxygen atoms in total. The van der Waals surface area contributed by atoms with Gasteiger partial charge in [-0.25, -0.2) is 0 Å². The Morgan fingerprint density at radius 2 is 2.00 bits per heavy atom. The summed E-state index contributed by atoms with van der Waals surface area (Å²) in [6.07, 6.45) is 1.79. The van der Waals surface area contributed by atoms with E-state index >= 15 is 0 Å². The van der Waals surface area contributed by atoms with Crippen molar-refractivity contribution in [3.05, 3.63) is 47.1 Å². The Morgan fingerprint density at radius 1 is 1.23 bits per heavy atom. The fourth-order valence-electron chi connectivity index (χ4n) is 1.40. The molecule has 1 N–H and O–H groups in total. The Kier molecular flexibility index (Phi) is 2.11. The van der Waals surface area contributed by atoms with Crippen LogP contribution >= 0.6 is 11.6 Å². The van der Waals surface area contributed by atoms with E-state index in [9.17, 15) is 0 Å². The maximum Gasteiger partial charge on any atom is 0.0586 e. The standard InChI is InChI=1S/C11H10ClN/c1-8-4-2-3-5-10(8)11-6-9(12)7-13-11/h2-7,13H,1H3. The van der Waals surface area contributed by atoms with Crippen LogP contribution in [0.5, 0.6) is 0 Å². The van der Waals surface area contributed by atoms with E-state index in [2.05, 4.69) is 24.0 Å². The zero-order valence-corrected chi connectivity index (χ0v) is 8.10. The zero-order chi connectivity index (χ0) is 9.26. The number of hydrogen-bond acceptors (Lipinski definition) is 0. The summed E-state index contributed by atoms with van der Waals surface area (Å²) < 4.78 is 0. The van der Waals surface area contributed by atoms with Gasteiger partial charge in [0.1, 0.15) is 0 Å². The maximum absolute atomic E-state index is 5.83. The van der Waals surface area contributed by atoms with Crippen LogP contribution in [0, 0.1) is 6.92 Å². The second-order valence-electron chi connectivity index (χ2n) is 3.05. The van der Waals surface area contributed by atoms with E-state index in [1.807, 2.05) is 18.2 Å². The van der Waals surface area contributed by atoms with Gasteiger partial charge in [-0.1, -0.05) is 35.9 Å². The third kappa shape index (κ3) is 1.61. The molecule has 0 bridgehead atoms. The summed E-state index contributed by atoms with van der Waals surface area (Å²) in [5.74, 6) is 0. The number of benzene rings is 1. The molecule has 66 valence electrons. The van der Waals surface area contributed by atoms with Gasteiger partial charge < -0.3 is 4.98 Å². The van der Waals surface area contributed by atoms with Crippen LogP contribution in [0.25, 0.3) is 11.3 Å². The van der Waals surface area contributed by atoms with Gasteiger partial charge in [-0.2, -0.15) is 0 Å². The summed E-state index contributed by atoms with van der Waals surface area (Å²) >= 11 is 5.83. The Labute approximate surface area is 82.4 Å². The zero-order valence-electron chi connectivity index (χ0n) is 7.34. The van der Waals surface area contributed by atoms with Crippen molar-refractivity contribution < 1.29 is 0 Å². The van der Waals surface area contributed by atoms with Crippen LogP contribution in [0.2, 0.25) is 5.02 Å². The second-order valence-corrected chi connectivity index (χ2v) is 3.48. The van der Waals surface area contributed by atoms with E-state index in [0.29, 0.717) is 0 Å². The average molecular weight is 192 g/mol. The molecule has 0 spiro atoms. The lowest BCUT2D eigenvalue weighted by Gasteiger charge is -2.01. The highest BCUT2D eigenvalue weighted by Crippen LogP contribution is 2.24. The Balaban J connectivity index is 2.52. The summed E-state index contributed by atoms with van der Waals surface area (Å²) in [6, 6.07) is 10.2. The van der Waals surface area contributed by atoms with Crippen molar-refractivity contribution in [2.45, 2.75) is 6.92 Å². The topological polar surface area (TPSA) is 15.8 Å². The lowest BCUT2D eigenvalue weighted by molar-refractivity contribution is 1.37. The Hall–Kier alpha value is -1.21. The fraction of sp³-hybridized carbons (Fsp3) is 0.0909. The molecule has 2 heteroatoms. The van der Waals surface area contributed by atoms with Gasteiger partial charge in [-0.3, -0.25) is 0 Å². The van der Waals surface area contributed by atoms with Crippen molar-refractivity contribution >= 4 is 11.6 Å². The lowest BCUT2D eigenvalue weighted by Crippen LogP contribution is -1.80. The molecule has 2 aromatic rings. The van der Waals surface area contributed by atoms with Crippen LogP contribution in [0.15, 0.2) is 36.5 Å². The minimum absolute atomic E-state index is 0.748. The van der Waals surface area contributed by atoms with E-state index in [4.69, 9.17) is 11.6 Å². The largest absolute Gasteiger partial charge is 0.360 e. The van der Waals surface area contributed by atoms with E-state index in [1.54, 1.807) is 6.20 Å². The highest BCUT2D eigenvalue weighted by Gasteiger charge is 2.02. The predicted octanol–water partition coefficient (Wildman–Crippen LogP) is 3.64. The van der Waals surface area contributed by atoms with Crippen molar-refractivity contribution in [2.75, 3.05) is 0 Å². The predicted molar refractivity (Wildman–Crippen MR) is 56.0 cm³/mol. The first-order valence-corrected chi connectivity index (χ1v) is 4.55. The molecule has 1 aromatic heterocycles. The van der Waals surface area contributed by atoms with E-state index in [0.717, 1.165) is 10.7 Å². The highest BCUT2D eigenvalue weighted by atomic mass is 35.5. The molecule has 0 saturated carbocycles. The number of H-pyrrole nitrogens is 1. The van der Waals surface area contributed by atoms with Crippen LogP contribution in [0.3, 0.4) is 0 Å². The molecular formula is C11H10ClN. The number of nitrogens with one attached hydrogen (secondary N) is 1. The number of aromatic amines is 1. The molecule has 2 rings (SSSR count). The Bertz CT molecular complexity index is 418. The number of aryl methyl sites for hydroxylation is 1. The molecular weight excluding hydrogens is 182 g/mol. The van der Waals surface area contributed by atoms with Crippen molar-refractivity contribution in [1.82, 2.24) is 4.98 Å². The van der Waals surface area contributed by atoms with Gasteiger partial charge in [0.15, 0.2) is 0 Å². The summed E-state index contributed by atoms with van der Waals surface area (Å²) in [7, 11) is 0. The third-order valence-corrected chi connectivity index (χ3v) is 2.30. The monoisotopic (exact) mass is 191 g/mol.